The van der Waals surface area contributed by atoms with Gasteiger partial charge in [0.1, 0.15) is 0 Å². The van der Waals surface area contributed by atoms with Crippen molar-refractivity contribution in [3.8, 4) is 0 Å². The van der Waals surface area contributed by atoms with Crippen LogP contribution in [0.15, 0.2) is 6.20 Å². The van der Waals surface area contributed by atoms with Crippen LogP contribution in [-0.4, -0.2) is 16.4 Å². The Hall–Kier alpha value is -0.940. The molecule has 1 fully saturated rings. The quantitative estimate of drug-likeness (QED) is 0.894. The number of hydrogen-bond acceptors (Lipinski definition) is 4. The first kappa shape index (κ1) is 14.5. The molecule has 5 heteroatoms. The lowest BCUT2D eigenvalue weighted by Crippen LogP contribution is -2.51. The highest BCUT2D eigenvalue weighted by atomic mass is 32.1. The Bertz CT molecular complexity index is 453. The summed E-state index contributed by atoms with van der Waals surface area (Å²) in [6, 6.07) is 0. The molecule has 1 heterocycles. The van der Waals surface area contributed by atoms with Gasteiger partial charge in [0.05, 0.1) is 5.92 Å². The Morgan fingerprint density at radius 1 is 1.58 bits per heavy atom. The van der Waals surface area contributed by atoms with Crippen molar-refractivity contribution < 1.29 is 4.79 Å². The SMILES string of the molecule is CC(C)c1cnc(NC(=O)C2CCCCC2(C)N)s1. The number of hydrogen-bond donors (Lipinski definition) is 2. The fourth-order valence-electron chi connectivity index (χ4n) is 2.59. The van der Waals surface area contributed by atoms with Crippen LogP contribution in [0.4, 0.5) is 5.13 Å². The Kier molecular flexibility index (Phi) is 4.26. The van der Waals surface area contributed by atoms with E-state index in [1.165, 1.54) is 4.88 Å². The van der Waals surface area contributed by atoms with Crippen molar-refractivity contribution in [2.24, 2.45) is 11.7 Å². The van der Waals surface area contributed by atoms with Gasteiger partial charge in [0.25, 0.3) is 0 Å². The summed E-state index contributed by atoms with van der Waals surface area (Å²) in [6.45, 7) is 6.23. The second-order valence-electron chi connectivity index (χ2n) is 6.02. The fraction of sp³-hybridized carbons (Fsp3) is 0.714. The highest BCUT2D eigenvalue weighted by Crippen LogP contribution is 2.33. The normalized spacial score (nSPS) is 27.5. The molecular weight excluding hydrogens is 258 g/mol. The van der Waals surface area contributed by atoms with Gasteiger partial charge in [0.2, 0.25) is 5.91 Å². The van der Waals surface area contributed by atoms with Crippen molar-refractivity contribution in [2.75, 3.05) is 5.32 Å². The number of thiazole rings is 1. The van der Waals surface area contributed by atoms with Gasteiger partial charge in [0, 0.05) is 16.6 Å². The van der Waals surface area contributed by atoms with Gasteiger partial charge in [-0.05, 0) is 25.7 Å². The third-order valence-corrected chi connectivity index (χ3v) is 5.11. The van der Waals surface area contributed by atoms with Crippen LogP contribution in [0.5, 0.6) is 0 Å². The molecule has 2 rings (SSSR count). The third-order valence-electron chi connectivity index (χ3n) is 3.89. The number of amides is 1. The van der Waals surface area contributed by atoms with Crippen molar-refractivity contribution in [1.29, 1.82) is 0 Å². The second kappa shape index (κ2) is 5.59. The lowest BCUT2D eigenvalue weighted by atomic mass is 9.74. The van der Waals surface area contributed by atoms with Gasteiger partial charge in [-0.25, -0.2) is 4.98 Å². The summed E-state index contributed by atoms with van der Waals surface area (Å²) in [4.78, 5) is 17.8. The predicted octanol–water partition coefficient (Wildman–Crippen LogP) is 3.11. The minimum absolute atomic E-state index is 0.0226. The maximum atomic E-state index is 12.3. The van der Waals surface area contributed by atoms with E-state index in [0.29, 0.717) is 11.0 Å². The van der Waals surface area contributed by atoms with E-state index >= 15 is 0 Å². The molecular formula is C14H23N3OS. The van der Waals surface area contributed by atoms with Crippen LogP contribution in [0.3, 0.4) is 0 Å². The van der Waals surface area contributed by atoms with Crippen molar-refractivity contribution in [3.05, 3.63) is 11.1 Å². The van der Waals surface area contributed by atoms with Crippen LogP contribution >= 0.6 is 11.3 Å². The van der Waals surface area contributed by atoms with Gasteiger partial charge in [-0.3, -0.25) is 4.79 Å². The average Bonchev–Trinajstić information content (AvgIpc) is 2.76. The molecule has 1 saturated carbocycles. The second-order valence-corrected chi connectivity index (χ2v) is 7.08. The summed E-state index contributed by atoms with van der Waals surface area (Å²) in [5.41, 5.74) is 5.86. The molecule has 1 aromatic heterocycles. The molecule has 0 radical (unpaired) electrons. The maximum Gasteiger partial charge on any atom is 0.231 e. The zero-order valence-corrected chi connectivity index (χ0v) is 12.7. The van der Waals surface area contributed by atoms with Crippen molar-refractivity contribution in [3.63, 3.8) is 0 Å². The molecule has 19 heavy (non-hydrogen) atoms. The molecule has 106 valence electrons. The lowest BCUT2D eigenvalue weighted by Gasteiger charge is -2.36. The zero-order valence-electron chi connectivity index (χ0n) is 11.9. The van der Waals surface area contributed by atoms with Crippen LogP contribution in [0.1, 0.15) is 57.2 Å². The number of aromatic nitrogens is 1. The van der Waals surface area contributed by atoms with E-state index in [1.54, 1.807) is 11.3 Å². The zero-order chi connectivity index (χ0) is 14.0. The first-order valence-corrected chi connectivity index (χ1v) is 7.77. The lowest BCUT2D eigenvalue weighted by molar-refractivity contribution is -0.122. The smallest absolute Gasteiger partial charge is 0.231 e. The standard InChI is InChI=1S/C14H23N3OS/c1-9(2)11-8-16-13(19-11)17-12(18)10-6-4-5-7-14(10,3)15/h8-10H,4-7,15H2,1-3H3,(H,16,17,18). The van der Waals surface area contributed by atoms with E-state index in [0.717, 1.165) is 25.7 Å². The number of nitrogens with two attached hydrogens (primary N) is 1. The van der Waals surface area contributed by atoms with Crippen molar-refractivity contribution >= 4 is 22.4 Å². The van der Waals surface area contributed by atoms with Crippen LogP contribution in [0.25, 0.3) is 0 Å². The van der Waals surface area contributed by atoms with Gasteiger partial charge in [-0.2, -0.15) is 0 Å². The summed E-state index contributed by atoms with van der Waals surface area (Å²) in [7, 11) is 0. The summed E-state index contributed by atoms with van der Waals surface area (Å²) in [5, 5.41) is 3.62. The topological polar surface area (TPSA) is 68.0 Å². The summed E-state index contributed by atoms with van der Waals surface area (Å²) in [6.07, 6.45) is 5.83. The van der Waals surface area contributed by atoms with E-state index in [-0.39, 0.29) is 17.4 Å². The minimum atomic E-state index is -0.388. The van der Waals surface area contributed by atoms with Gasteiger partial charge >= 0.3 is 0 Å². The highest BCUT2D eigenvalue weighted by Gasteiger charge is 2.38. The van der Waals surface area contributed by atoms with Crippen LogP contribution in [-0.2, 0) is 4.79 Å². The van der Waals surface area contributed by atoms with Gasteiger partial charge < -0.3 is 11.1 Å². The molecule has 2 atom stereocenters. The number of nitrogens with one attached hydrogen (secondary N) is 1. The number of rotatable bonds is 3. The maximum absolute atomic E-state index is 12.3. The average molecular weight is 281 g/mol. The van der Waals surface area contributed by atoms with Gasteiger partial charge in [-0.15, -0.1) is 11.3 Å². The van der Waals surface area contributed by atoms with E-state index in [4.69, 9.17) is 5.73 Å². The van der Waals surface area contributed by atoms with E-state index in [9.17, 15) is 4.79 Å². The molecule has 0 aliphatic heterocycles. The molecule has 3 N–H and O–H groups in total. The van der Waals surface area contributed by atoms with E-state index < -0.39 is 0 Å². The molecule has 4 nitrogen and oxygen atoms in total. The van der Waals surface area contributed by atoms with Crippen molar-refractivity contribution in [1.82, 2.24) is 4.98 Å². The molecule has 0 spiro atoms. The summed E-state index contributed by atoms with van der Waals surface area (Å²) in [5.74, 6) is 0.361. The molecule has 1 aliphatic rings. The van der Waals surface area contributed by atoms with Gasteiger partial charge in [0.15, 0.2) is 5.13 Å². The highest BCUT2D eigenvalue weighted by molar-refractivity contribution is 7.15. The van der Waals surface area contributed by atoms with Crippen LogP contribution in [0.2, 0.25) is 0 Å². The van der Waals surface area contributed by atoms with Crippen molar-refractivity contribution in [2.45, 2.75) is 57.9 Å². The summed E-state index contributed by atoms with van der Waals surface area (Å²) < 4.78 is 0. The Morgan fingerprint density at radius 2 is 2.32 bits per heavy atom. The number of carbonyl (C=O) groups excluding carboxylic acids is 1. The van der Waals surface area contributed by atoms with Gasteiger partial charge in [-0.1, -0.05) is 26.7 Å². The molecule has 1 aromatic rings. The molecule has 0 bridgehead atoms. The Balaban J connectivity index is 2.03. The molecule has 0 saturated heterocycles. The third kappa shape index (κ3) is 3.34. The van der Waals surface area contributed by atoms with Crippen LogP contribution in [0, 0.1) is 5.92 Å². The van der Waals surface area contributed by atoms with Crippen LogP contribution < -0.4 is 11.1 Å². The summed E-state index contributed by atoms with van der Waals surface area (Å²) >= 11 is 1.55. The molecule has 1 aliphatic carbocycles. The molecule has 2 unspecified atom stereocenters. The number of carbonyl (C=O) groups is 1. The minimum Gasteiger partial charge on any atom is -0.325 e. The monoisotopic (exact) mass is 281 g/mol. The predicted molar refractivity (Wildman–Crippen MR) is 79.4 cm³/mol. The number of nitrogens with zero attached hydrogens (tertiary/aromatic N) is 1. The van der Waals surface area contributed by atoms with E-state index in [2.05, 4.69) is 24.1 Å². The first-order valence-electron chi connectivity index (χ1n) is 6.95. The molecule has 0 aromatic carbocycles. The van der Waals surface area contributed by atoms with E-state index in [1.807, 2.05) is 13.1 Å². The first-order chi connectivity index (χ1) is 8.90. The Labute approximate surface area is 118 Å². The number of anilines is 1. The largest absolute Gasteiger partial charge is 0.325 e. The molecule has 1 amide bonds. The fourth-order valence-corrected chi connectivity index (χ4v) is 3.41. The Morgan fingerprint density at radius 3 is 2.89 bits per heavy atom.